The molecule has 1 aliphatic rings. The molecule has 1 aromatic carbocycles. The highest BCUT2D eigenvalue weighted by Gasteiger charge is 2.33. The Morgan fingerprint density at radius 1 is 1.47 bits per heavy atom. The molecule has 0 bridgehead atoms. The van der Waals surface area contributed by atoms with E-state index >= 15 is 0 Å². The molecule has 1 saturated heterocycles. The second-order valence-corrected chi connectivity index (χ2v) is 5.77. The number of hydrogen-bond donors (Lipinski definition) is 2. The number of alkyl halides is 1. The van der Waals surface area contributed by atoms with E-state index in [-0.39, 0.29) is 11.7 Å². The lowest BCUT2D eigenvalue weighted by Crippen LogP contribution is -2.53. The molecule has 1 fully saturated rings. The summed E-state index contributed by atoms with van der Waals surface area (Å²) in [5.41, 5.74) is -0.00349. The van der Waals surface area contributed by atoms with Gasteiger partial charge in [-0.3, -0.25) is 4.79 Å². The summed E-state index contributed by atoms with van der Waals surface area (Å²) in [6, 6.07) is 4.72. The van der Waals surface area contributed by atoms with Crippen molar-refractivity contribution in [2.45, 2.75) is 18.4 Å². The summed E-state index contributed by atoms with van der Waals surface area (Å²) in [5.74, 6) is 0.162. The first-order chi connectivity index (χ1) is 9.06. The van der Waals surface area contributed by atoms with Gasteiger partial charge >= 0.3 is 0 Å². The molecule has 2 rings (SSSR count). The average Bonchev–Trinajstić information content (AvgIpc) is 2.43. The molecule has 1 heterocycles. The second-order valence-electron chi connectivity index (χ2n) is 4.65. The molecule has 1 aliphatic heterocycles. The van der Waals surface area contributed by atoms with Gasteiger partial charge in [0.1, 0.15) is 5.75 Å². The zero-order valence-electron chi connectivity index (χ0n) is 10.3. The van der Waals surface area contributed by atoms with Crippen LogP contribution in [0.15, 0.2) is 22.7 Å². The molecule has 0 aromatic heterocycles. The molecule has 4 nitrogen and oxygen atoms in total. The van der Waals surface area contributed by atoms with E-state index in [9.17, 15) is 9.90 Å². The van der Waals surface area contributed by atoms with Crippen molar-refractivity contribution in [1.82, 2.24) is 5.32 Å². The summed E-state index contributed by atoms with van der Waals surface area (Å²) in [6.45, 7) is 1.19. The molecule has 104 valence electrons. The maximum absolute atomic E-state index is 12.2. The van der Waals surface area contributed by atoms with Gasteiger partial charge in [-0.1, -0.05) is 0 Å². The Morgan fingerprint density at radius 2 is 2.16 bits per heavy atom. The third-order valence-corrected chi connectivity index (χ3v) is 4.47. The average molecular weight is 349 g/mol. The molecule has 0 spiro atoms. The molecule has 0 atom stereocenters. The van der Waals surface area contributed by atoms with Crippen molar-refractivity contribution in [2.24, 2.45) is 0 Å². The van der Waals surface area contributed by atoms with E-state index in [1.807, 2.05) is 0 Å². The summed E-state index contributed by atoms with van der Waals surface area (Å²) in [4.78, 5) is 12.2. The molecule has 19 heavy (non-hydrogen) atoms. The summed E-state index contributed by atoms with van der Waals surface area (Å²) in [7, 11) is 0. The maximum Gasteiger partial charge on any atom is 0.251 e. The van der Waals surface area contributed by atoms with E-state index in [0.717, 1.165) is 0 Å². The van der Waals surface area contributed by atoms with Gasteiger partial charge in [-0.2, -0.15) is 0 Å². The molecular weight excluding hydrogens is 334 g/mol. The number of halogens is 2. The molecule has 0 saturated carbocycles. The fourth-order valence-corrected chi connectivity index (χ4v) is 2.60. The molecule has 1 aromatic rings. The van der Waals surface area contributed by atoms with Crippen LogP contribution in [0, 0.1) is 0 Å². The van der Waals surface area contributed by atoms with Gasteiger partial charge < -0.3 is 15.2 Å². The molecule has 0 radical (unpaired) electrons. The number of phenolic OH excluding ortho intramolecular Hbond substituents is 1. The number of rotatable bonds is 3. The number of nitrogens with one attached hydrogen (secondary N) is 1. The minimum atomic E-state index is -0.417. The fraction of sp³-hybridized carbons (Fsp3) is 0.462. The van der Waals surface area contributed by atoms with Crippen LogP contribution in [0.25, 0.3) is 0 Å². The van der Waals surface area contributed by atoms with Crippen LogP contribution in [0.5, 0.6) is 5.75 Å². The third kappa shape index (κ3) is 3.41. The Labute approximate surface area is 125 Å². The summed E-state index contributed by atoms with van der Waals surface area (Å²) >= 11 is 9.18. The van der Waals surface area contributed by atoms with Gasteiger partial charge in [-0.15, -0.1) is 11.6 Å². The van der Waals surface area contributed by atoms with Crippen LogP contribution < -0.4 is 5.32 Å². The topological polar surface area (TPSA) is 58.6 Å². The lowest BCUT2D eigenvalue weighted by atomic mass is 9.92. The van der Waals surface area contributed by atoms with Crippen LogP contribution in [0.2, 0.25) is 0 Å². The number of hydrogen-bond acceptors (Lipinski definition) is 3. The number of carbonyl (C=O) groups is 1. The predicted octanol–water partition coefficient (Wildman–Crippen LogP) is 2.67. The lowest BCUT2D eigenvalue weighted by molar-refractivity contribution is 0.0433. The van der Waals surface area contributed by atoms with Crippen molar-refractivity contribution in [3.63, 3.8) is 0 Å². The predicted molar refractivity (Wildman–Crippen MR) is 76.8 cm³/mol. The van der Waals surface area contributed by atoms with Gasteiger partial charge in [-0.05, 0) is 47.0 Å². The number of ether oxygens (including phenoxy) is 1. The van der Waals surface area contributed by atoms with E-state index in [1.165, 1.54) is 6.07 Å². The number of phenols is 1. The third-order valence-electron chi connectivity index (χ3n) is 3.29. The maximum atomic E-state index is 12.2. The number of aromatic hydroxyl groups is 1. The molecule has 2 N–H and O–H groups in total. The SMILES string of the molecule is O=C(NC1(CCl)CCOCC1)c1ccc(Br)c(O)c1. The molecule has 1 amide bonds. The molecular formula is C13H15BrClNO3. The van der Waals surface area contributed by atoms with Gasteiger partial charge in [0.25, 0.3) is 5.91 Å². The van der Waals surface area contributed by atoms with Crippen molar-refractivity contribution in [3.8, 4) is 5.75 Å². The first kappa shape index (κ1) is 14.6. The van der Waals surface area contributed by atoms with E-state index < -0.39 is 5.54 Å². The second kappa shape index (κ2) is 6.11. The smallest absolute Gasteiger partial charge is 0.251 e. The van der Waals surface area contributed by atoms with Crippen molar-refractivity contribution in [3.05, 3.63) is 28.2 Å². The summed E-state index contributed by atoms with van der Waals surface area (Å²) in [6.07, 6.45) is 1.40. The van der Waals surface area contributed by atoms with Crippen LogP contribution in [-0.2, 0) is 4.74 Å². The first-order valence-corrected chi connectivity index (χ1v) is 7.34. The van der Waals surface area contributed by atoms with Gasteiger partial charge in [0.05, 0.1) is 10.0 Å². The highest BCUT2D eigenvalue weighted by molar-refractivity contribution is 9.10. The van der Waals surface area contributed by atoms with Crippen LogP contribution >= 0.6 is 27.5 Å². The van der Waals surface area contributed by atoms with Gasteiger partial charge in [0, 0.05) is 24.7 Å². The number of benzene rings is 1. The van der Waals surface area contributed by atoms with E-state index in [0.29, 0.717) is 42.0 Å². The van der Waals surface area contributed by atoms with E-state index in [2.05, 4.69) is 21.2 Å². The summed E-state index contributed by atoms with van der Waals surface area (Å²) in [5, 5.41) is 12.6. The zero-order chi connectivity index (χ0) is 13.9. The Morgan fingerprint density at radius 3 is 2.74 bits per heavy atom. The standard InChI is InChI=1S/C13H15BrClNO3/c14-10-2-1-9(7-11(10)17)12(18)16-13(8-15)3-5-19-6-4-13/h1-2,7,17H,3-6,8H2,(H,16,18). The molecule has 0 unspecified atom stereocenters. The largest absolute Gasteiger partial charge is 0.507 e. The Balaban J connectivity index is 2.12. The van der Waals surface area contributed by atoms with Crippen LogP contribution in [-0.4, -0.2) is 35.6 Å². The Hall–Kier alpha value is -0.780. The van der Waals surface area contributed by atoms with Crippen LogP contribution in [0.3, 0.4) is 0 Å². The van der Waals surface area contributed by atoms with E-state index in [4.69, 9.17) is 16.3 Å². The van der Waals surface area contributed by atoms with Crippen molar-refractivity contribution >= 4 is 33.4 Å². The number of carbonyl (C=O) groups excluding carboxylic acids is 1. The van der Waals surface area contributed by atoms with E-state index in [1.54, 1.807) is 12.1 Å². The normalized spacial score (nSPS) is 18.0. The highest BCUT2D eigenvalue weighted by atomic mass is 79.9. The number of amides is 1. The molecule has 0 aliphatic carbocycles. The van der Waals surface area contributed by atoms with Crippen molar-refractivity contribution in [1.29, 1.82) is 0 Å². The fourth-order valence-electron chi connectivity index (χ4n) is 2.02. The first-order valence-electron chi connectivity index (χ1n) is 6.01. The van der Waals surface area contributed by atoms with Gasteiger partial charge in [-0.25, -0.2) is 0 Å². The minimum absolute atomic E-state index is 0.0413. The quantitative estimate of drug-likeness (QED) is 0.826. The van der Waals surface area contributed by atoms with Crippen LogP contribution in [0.4, 0.5) is 0 Å². The van der Waals surface area contributed by atoms with Gasteiger partial charge in [0.15, 0.2) is 0 Å². The van der Waals surface area contributed by atoms with Crippen molar-refractivity contribution < 1.29 is 14.6 Å². The van der Waals surface area contributed by atoms with Crippen LogP contribution in [0.1, 0.15) is 23.2 Å². The van der Waals surface area contributed by atoms with Crippen molar-refractivity contribution in [2.75, 3.05) is 19.1 Å². The van der Waals surface area contributed by atoms with Gasteiger partial charge in [0.2, 0.25) is 0 Å². The highest BCUT2D eigenvalue weighted by Crippen LogP contribution is 2.26. The lowest BCUT2D eigenvalue weighted by Gasteiger charge is -2.36. The minimum Gasteiger partial charge on any atom is -0.507 e. The monoisotopic (exact) mass is 347 g/mol. The Bertz CT molecular complexity index is 475. The summed E-state index contributed by atoms with van der Waals surface area (Å²) < 4.78 is 5.85. The Kier molecular flexibility index (Phi) is 4.71. The molecule has 6 heteroatoms. The zero-order valence-corrected chi connectivity index (χ0v) is 12.6.